The highest BCUT2D eigenvalue weighted by atomic mass is 32.1. The maximum atomic E-state index is 11.1. The van der Waals surface area contributed by atoms with Gasteiger partial charge in [-0.25, -0.2) is 4.98 Å². The molecule has 2 aromatic rings. The lowest BCUT2D eigenvalue weighted by atomic mass is 10.2. The minimum atomic E-state index is -0.0738. The Bertz CT molecular complexity index is 734. The third kappa shape index (κ3) is 6.19. The average molecular weight is 359 g/mol. The molecule has 0 unspecified atom stereocenters. The first-order chi connectivity index (χ1) is 12.0. The summed E-state index contributed by atoms with van der Waals surface area (Å²) in [7, 11) is 1.75. The number of nitrogens with zero attached hydrogens (tertiary/aromatic N) is 2. The molecule has 0 spiro atoms. The highest BCUT2D eigenvalue weighted by Gasteiger charge is 2.04. The van der Waals surface area contributed by atoms with E-state index in [1.54, 1.807) is 18.4 Å². The van der Waals surface area contributed by atoms with Crippen LogP contribution in [0.1, 0.15) is 28.1 Å². The van der Waals surface area contributed by atoms with Crippen LogP contribution in [0.2, 0.25) is 0 Å². The monoisotopic (exact) mass is 359 g/mol. The van der Waals surface area contributed by atoms with Crippen LogP contribution in [0.3, 0.4) is 0 Å². The molecule has 0 atom stereocenters. The number of guanidine groups is 1. The number of thiazole rings is 1. The third-order valence-electron chi connectivity index (χ3n) is 3.64. The highest BCUT2D eigenvalue weighted by Crippen LogP contribution is 2.16. The van der Waals surface area contributed by atoms with Crippen molar-refractivity contribution in [2.24, 2.45) is 4.99 Å². The zero-order valence-corrected chi connectivity index (χ0v) is 16.0. The van der Waals surface area contributed by atoms with Gasteiger partial charge in [0.25, 0.3) is 0 Å². The average Bonchev–Trinajstić information content (AvgIpc) is 2.88. The Morgan fingerprint density at radius 2 is 2.08 bits per heavy atom. The highest BCUT2D eigenvalue weighted by molar-refractivity contribution is 7.11. The summed E-state index contributed by atoms with van der Waals surface area (Å²) in [5, 5.41) is 10.5. The third-order valence-corrected chi connectivity index (χ3v) is 4.77. The van der Waals surface area contributed by atoms with E-state index in [-0.39, 0.29) is 5.91 Å². The van der Waals surface area contributed by atoms with Crippen molar-refractivity contribution in [2.45, 2.75) is 33.7 Å². The van der Waals surface area contributed by atoms with Crippen molar-refractivity contribution in [3.8, 4) is 0 Å². The van der Waals surface area contributed by atoms with Crippen LogP contribution in [0.15, 0.2) is 29.3 Å². The Morgan fingerprint density at radius 3 is 2.72 bits per heavy atom. The molecule has 0 saturated carbocycles. The summed E-state index contributed by atoms with van der Waals surface area (Å²) in [6.45, 7) is 7.04. The number of anilines is 1. The SMILES string of the molecule is CN=C(NCCc1nc(C)c(C)s1)NCc1cccc(NC(C)=O)c1. The van der Waals surface area contributed by atoms with Crippen LogP contribution in [0.4, 0.5) is 5.69 Å². The molecular weight excluding hydrogens is 334 g/mol. The molecule has 0 radical (unpaired) electrons. The molecule has 6 nitrogen and oxygen atoms in total. The van der Waals surface area contributed by atoms with E-state index in [4.69, 9.17) is 0 Å². The summed E-state index contributed by atoms with van der Waals surface area (Å²) in [6.07, 6.45) is 0.873. The number of rotatable bonds is 6. The number of hydrogen-bond donors (Lipinski definition) is 3. The molecule has 0 aliphatic carbocycles. The van der Waals surface area contributed by atoms with E-state index in [1.165, 1.54) is 11.8 Å². The Kier molecular flexibility index (Phi) is 6.94. The number of aromatic nitrogens is 1. The molecule has 7 heteroatoms. The quantitative estimate of drug-likeness (QED) is 0.547. The second-order valence-corrected chi connectivity index (χ2v) is 7.02. The summed E-state index contributed by atoms with van der Waals surface area (Å²) >= 11 is 1.74. The number of amides is 1. The van der Waals surface area contributed by atoms with E-state index in [0.29, 0.717) is 6.54 Å². The standard InChI is InChI=1S/C18H25N5OS/c1-12-13(2)25-17(22-12)8-9-20-18(19-4)21-11-15-6-5-7-16(10-15)23-14(3)24/h5-7,10H,8-9,11H2,1-4H3,(H,23,24)(H2,19,20,21). The number of nitrogens with one attached hydrogen (secondary N) is 3. The Hall–Kier alpha value is -2.41. The first kappa shape index (κ1) is 18.9. The van der Waals surface area contributed by atoms with Gasteiger partial charge in [0.1, 0.15) is 0 Å². The van der Waals surface area contributed by atoms with Gasteiger partial charge in [-0.2, -0.15) is 0 Å². The summed E-state index contributed by atoms with van der Waals surface area (Å²) < 4.78 is 0. The maximum absolute atomic E-state index is 11.1. The minimum Gasteiger partial charge on any atom is -0.356 e. The lowest BCUT2D eigenvalue weighted by Gasteiger charge is -2.12. The van der Waals surface area contributed by atoms with Crippen molar-refractivity contribution >= 4 is 28.9 Å². The largest absolute Gasteiger partial charge is 0.356 e. The van der Waals surface area contributed by atoms with Crippen molar-refractivity contribution in [2.75, 3.05) is 18.9 Å². The van der Waals surface area contributed by atoms with Crippen LogP contribution in [0, 0.1) is 13.8 Å². The minimum absolute atomic E-state index is 0.0738. The molecule has 25 heavy (non-hydrogen) atoms. The zero-order chi connectivity index (χ0) is 18.2. The molecule has 134 valence electrons. The summed E-state index contributed by atoms with van der Waals surface area (Å²) in [4.78, 5) is 21.2. The van der Waals surface area contributed by atoms with E-state index in [9.17, 15) is 4.79 Å². The molecule has 1 heterocycles. The Morgan fingerprint density at radius 1 is 1.28 bits per heavy atom. The first-order valence-corrected chi connectivity index (χ1v) is 9.03. The number of aryl methyl sites for hydroxylation is 2. The number of aliphatic imine (C=N–C) groups is 1. The maximum Gasteiger partial charge on any atom is 0.221 e. The van der Waals surface area contributed by atoms with Crippen molar-refractivity contribution < 1.29 is 4.79 Å². The lowest BCUT2D eigenvalue weighted by molar-refractivity contribution is -0.114. The fourth-order valence-corrected chi connectivity index (χ4v) is 3.24. The molecule has 0 bridgehead atoms. The number of carbonyl (C=O) groups excluding carboxylic acids is 1. The predicted octanol–water partition coefficient (Wildman–Crippen LogP) is 2.63. The van der Waals surface area contributed by atoms with Crippen LogP contribution >= 0.6 is 11.3 Å². The van der Waals surface area contributed by atoms with Gasteiger partial charge < -0.3 is 16.0 Å². The second-order valence-electron chi connectivity index (χ2n) is 5.73. The molecule has 1 aromatic heterocycles. The molecule has 0 saturated heterocycles. The van der Waals surface area contributed by atoms with Gasteiger partial charge in [0, 0.05) is 44.0 Å². The molecule has 3 N–H and O–H groups in total. The summed E-state index contributed by atoms with van der Waals surface area (Å²) in [5.41, 5.74) is 2.98. The van der Waals surface area contributed by atoms with E-state index in [1.807, 2.05) is 31.2 Å². The number of hydrogen-bond acceptors (Lipinski definition) is 4. The van der Waals surface area contributed by atoms with E-state index < -0.39 is 0 Å². The smallest absolute Gasteiger partial charge is 0.221 e. The van der Waals surface area contributed by atoms with E-state index >= 15 is 0 Å². The molecule has 1 aromatic carbocycles. The van der Waals surface area contributed by atoms with E-state index in [0.717, 1.165) is 40.9 Å². The Labute approximate surface area is 152 Å². The number of carbonyl (C=O) groups is 1. The first-order valence-electron chi connectivity index (χ1n) is 8.22. The topological polar surface area (TPSA) is 78.4 Å². The van der Waals surface area contributed by atoms with Gasteiger partial charge in [0.05, 0.1) is 10.7 Å². The van der Waals surface area contributed by atoms with Crippen molar-refractivity contribution in [3.05, 3.63) is 45.4 Å². The van der Waals surface area contributed by atoms with Gasteiger partial charge in [0.2, 0.25) is 5.91 Å². The van der Waals surface area contributed by atoms with Gasteiger partial charge in [-0.15, -0.1) is 11.3 Å². The molecular formula is C18H25N5OS. The predicted molar refractivity (Wildman–Crippen MR) is 104 cm³/mol. The van der Waals surface area contributed by atoms with Crippen molar-refractivity contribution in [1.82, 2.24) is 15.6 Å². The summed E-state index contributed by atoms with van der Waals surface area (Å²) in [6, 6.07) is 7.75. The Balaban J connectivity index is 1.81. The molecule has 1 amide bonds. The fourth-order valence-electron chi connectivity index (χ4n) is 2.30. The van der Waals surface area contributed by atoms with Crippen LogP contribution in [-0.2, 0) is 17.8 Å². The lowest BCUT2D eigenvalue weighted by Crippen LogP contribution is -2.37. The van der Waals surface area contributed by atoms with Crippen LogP contribution in [-0.4, -0.2) is 30.4 Å². The van der Waals surface area contributed by atoms with Crippen molar-refractivity contribution in [1.29, 1.82) is 0 Å². The van der Waals surface area contributed by atoms with Gasteiger partial charge in [-0.05, 0) is 31.5 Å². The van der Waals surface area contributed by atoms with Crippen LogP contribution < -0.4 is 16.0 Å². The molecule has 0 fully saturated rings. The zero-order valence-electron chi connectivity index (χ0n) is 15.1. The fraction of sp³-hybridized carbons (Fsp3) is 0.389. The van der Waals surface area contributed by atoms with Crippen LogP contribution in [0.5, 0.6) is 0 Å². The van der Waals surface area contributed by atoms with E-state index in [2.05, 4.69) is 32.9 Å². The van der Waals surface area contributed by atoms with Gasteiger partial charge in [-0.3, -0.25) is 9.79 Å². The van der Waals surface area contributed by atoms with Gasteiger partial charge in [0.15, 0.2) is 5.96 Å². The van der Waals surface area contributed by atoms with Gasteiger partial charge >= 0.3 is 0 Å². The molecule has 2 rings (SSSR count). The number of benzene rings is 1. The molecule has 0 aliphatic heterocycles. The second kappa shape index (κ2) is 9.17. The van der Waals surface area contributed by atoms with Crippen LogP contribution in [0.25, 0.3) is 0 Å². The normalized spacial score (nSPS) is 11.3. The van der Waals surface area contributed by atoms with Crippen molar-refractivity contribution in [3.63, 3.8) is 0 Å². The van der Waals surface area contributed by atoms with Gasteiger partial charge in [-0.1, -0.05) is 12.1 Å². The summed E-state index contributed by atoms with van der Waals surface area (Å²) in [5.74, 6) is 0.671. The molecule has 0 aliphatic rings.